The summed E-state index contributed by atoms with van der Waals surface area (Å²) in [5.74, 6) is 2.39. The Morgan fingerprint density at radius 1 is 1.14 bits per heavy atom. The first-order valence-electron chi connectivity index (χ1n) is 9.57. The molecule has 28 heavy (non-hydrogen) atoms. The largest absolute Gasteiger partial charge is 0.488 e. The summed E-state index contributed by atoms with van der Waals surface area (Å²) in [6.07, 6.45) is 6.21. The average Bonchev–Trinajstić information content (AvgIpc) is 3.29. The summed E-state index contributed by atoms with van der Waals surface area (Å²) in [6.45, 7) is 1.20. The van der Waals surface area contributed by atoms with E-state index in [1.165, 1.54) is 0 Å². The summed E-state index contributed by atoms with van der Waals surface area (Å²) in [7, 11) is 0. The van der Waals surface area contributed by atoms with E-state index in [2.05, 4.69) is 15.1 Å². The Kier molecular flexibility index (Phi) is 4.27. The fourth-order valence-corrected chi connectivity index (χ4v) is 3.46. The summed E-state index contributed by atoms with van der Waals surface area (Å²) in [5.41, 5.74) is 1.39. The molecule has 1 amide bonds. The van der Waals surface area contributed by atoms with Crippen molar-refractivity contribution in [2.24, 2.45) is 0 Å². The molecule has 0 N–H and O–H groups in total. The second kappa shape index (κ2) is 7.07. The molecule has 1 saturated carbocycles. The first-order chi connectivity index (χ1) is 13.8. The van der Waals surface area contributed by atoms with Gasteiger partial charge in [0.15, 0.2) is 5.82 Å². The summed E-state index contributed by atoms with van der Waals surface area (Å²) in [4.78, 5) is 23.0. The average molecular weight is 376 g/mol. The van der Waals surface area contributed by atoms with Gasteiger partial charge in [-0.3, -0.25) is 9.78 Å². The van der Waals surface area contributed by atoms with E-state index >= 15 is 0 Å². The van der Waals surface area contributed by atoms with Crippen LogP contribution in [0.5, 0.6) is 5.75 Å². The predicted octanol–water partition coefficient (Wildman–Crippen LogP) is 3.30. The Hall–Kier alpha value is -3.22. The van der Waals surface area contributed by atoms with E-state index in [1.54, 1.807) is 24.5 Å². The molecule has 1 aromatic carbocycles. The van der Waals surface area contributed by atoms with Crippen LogP contribution in [0.1, 0.15) is 41.4 Å². The fraction of sp³-hybridized carbons (Fsp3) is 0.333. The van der Waals surface area contributed by atoms with Crippen molar-refractivity contribution in [2.75, 3.05) is 13.1 Å². The van der Waals surface area contributed by atoms with Crippen molar-refractivity contribution < 1.29 is 14.1 Å². The van der Waals surface area contributed by atoms with Crippen molar-refractivity contribution >= 4 is 5.91 Å². The molecular weight excluding hydrogens is 356 g/mol. The monoisotopic (exact) mass is 376 g/mol. The first-order valence-corrected chi connectivity index (χ1v) is 9.57. The van der Waals surface area contributed by atoms with Gasteiger partial charge in [0.25, 0.3) is 11.8 Å². The van der Waals surface area contributed by atoms with E-state index in [9.17, 15) is 4.79 Å². The van der Waals surface area contributed by atoms with E-state index in [0.29, 0.717) is 36.2 Å². The zero-order chi connectivity index (χ0) is 18.9. The van der Waals surface area contributed by atoms with Gasteiger partial charge < -0.3 is 14.2 Å². The Balaban J connectivity index is 1.30. The van der Waals surface area contributed by atoms with Gasteiger partial charge in [-0.1, -0.05) is 17.3 Å². The lowest BCUT2D eigenvalue weighted by molar-refractivity contribution is 0.0772. The minimum absolute atomic E-state index is 0.0153. The van der Waals surface area contributed by atoms with E-state index < -0.39 is 0 Å². The zero-order valence-electron chi connectivity index (χ0n) is 15.3. The second-order valence-corrected chi connectivity index (χ2v) is 7.25. The van der Waals surface area contributed by atoms with E-state index in [0.717, 1.165) is 30.7 Å². The molecule has 1 saturated heterocycles. The molecule has 1 aliphatic heterocycles. The van der Waals surface area contributed by atoms with Crippen molar-refractivity contribution in [3.8, 4) is 17.2 Å². The van der Waals surface area contributed by atoms with Crippen LogP contribution >= 0.6 is 0 Å². The van der Waals surface area contributed by atoms with Gasteiger partial charge in [0.2, 0.25) is 0 Å². The zero-order valence-corrected chi connectivity index (χ0v) is 15.3. The van der Waals surface area contributed by atoms with Crippen LogP contribution in [0, 0.1) is 0 Å². The highest BCUT2D eigenvalue weighted by atomic mass is 16.5. The molecule has 2 fully saturated rings. The first kappa shape index (κ1) is 16.9. The van der Waals surface area contributed by atoms with E-state index in [-0.39, 0.29) is 12.0 Å². The van der Waals surface area contributed by atoms with E-state index in [4.69, 9.17) is 9.26 Å². The van der Waals surface area contributed by atoms with Gasteiger partial charge in [-0.25, -0.2) is 0 Å². The lowest BCUT2D eigenvalue weighted by Crippen LogP contribution is -2.31. The third-order valence-electron chi connectivity index (χ3n) is 5.14. The Morgan fingerprint density at radius 3 is 2.86 bits per heavy atom. The molecule has 5 rings (SSSR count). The number of pyridine rings is 1. The van der Waals surface area contributed by atoms with Crippen molar-refractivity contribution in [3.63, 3.8) is 0 Å². The van der Waals surface area contributed by atoms with Gasteiger partial charge in [-0.15, -0.1) is 0 Å². The molecule has 3 heterocycles. The number of para-hydroxylation sites is 1. The topological polar surface area (TPSA) is 81.4 Å². The number of likely N-dealkylation sites (tertiary alicyclic amines) is 1. The smallest absolute Gasteiger partial charge is 0.261 e. The van der Waals surface area contributed by atoms with Crippen LogP contribution in [0.2, 0.25) is 0 Å². The molecular formula is C21H20N4O3. The number of hydrogen-bond acceptors (Lipinski definition) is 6. The molecule has 2 aliphatic rings. The minimum Gasteiger partial charge on any atom is -0.488 e. The molecule has 3 aromatic rings. The summed E-state index contributed by atoms with van der Waals surface area (Å²) in [5, 5.41) is 4.10. The Labute approximate surface area is 162 Å². The molecule has 0 bridgehead atoms. The predicted molar refractivity (Wildman–Crippen MR) is 101 cm³/mol. The lowest BCUT2D eigenvalue weighted by atomic mass is 10.2. The lowest BCUT2D eigenvalue weighted by Gasteiger charge is -2.18. The number of hydrogen-bond donors (Lipinski definition) is 0. The molecule has 7 heteroatoms. The molecule has 0 radical (unpaired) electrons. The number of carbonyl (C=O) groups is 1. The Bertz CT molecular complexity index is 984. The number of aromatic nitrogens is 3. The number of ether oxygens (including phenoxy) is 1. The van der Waals surface area contributed by atoms with Gasteiger partial charge in [0.1, 0.15) is 11.9 Å². The molecule has 142 valence electrons. The third-order valence-corrected chi connectivity index (χ3v) is 5.14. The number of carbonyl (C=O) groups excluding carboxylic acids is 1. The van der Waals surface area contributed by atoms with Gasteiger partial charge >= 0.3 is 0 Å². The molecule has 1 aliphatic carbocycles. The van der Waals surface area contributed by atoms with Crippen LogP contribution in [-0.4, -0.2) is 45.1 Å². The van der Waals surface area contributed by atoms with Crippen molar-refractivity contribution in [3.05, 3.63) is 60.2 Å². The highest BCUT2D eigenvalue weighted by Crippen LogP contribution is 2.39. The summed E-state index contributed by atoms with van der Waals surface area (Å²) < 4.78 is 11.7. The quantitative estimate of drug-likeness (QED) is 0.680. The van der Waals surface area contributed by atoms with Gasteiger partial charge in [-0.05, 0) is 37.1 Å². The highest BCUT2D eigenvalue weighted by molar-refractivity contribution is 5.94. The van der Waals surface area contributed by atoms with Crippen molar-refractivity contribution in [1.29, 1.82) is 0 Å². The highest BCUT2D eigenvalue weighted by Gasteiger charge is 2.31. The second-order valence-electron chi connectivity index (χ2n) is 7.25. The van der Waals surface area contributed by atoms with Crippen LogP contribution in [0.25, 0.3) is 11.5 Å². The molecule has 1 unspecified atom stereocenters. The fourth-order valence-electron chi connectivity index (χ4n) is 3.46. The SMILES string of the molecule is O=C(c1cccnc1)N1CCC(Oc2ccccc2-c2nc(C3CC3)no2)C1. The third kappa shape index (κ3) is 3.35. The van der Waals surface area contributed by atoms with Crippen LogP contribution in [0.15, 0.2) is 53.3 Å². The van der Waals surface area contributed by atoms with Crippen LogP contribution in [-0.2, 0) is 0 Å². The van der Waals surface area contributed by atoms with Crippen molar-refractivity contribution in [1.82, 2.24) is 20.0 Å². The van der Waals surface area contributed by atoms with Crippen LogP contribution in [0.3, 0.4) is 0 Å². The Morgan fingerprint density at radius 2 is 2.04 bits per heavy atom. The summed E-state index contributed by atoms with van der Waals surface area (Å²) >= 11 is 0. The molecule has 2 aromatic heterocycles. The number of rotatable bonds is 5. The van der Waals surface area contributed by atoms with E-state index in [1.807, 2.05) is 29.2 Å². The van der Waals surface area contributed by atoms with Gasteiger partial charge in [-0.2, -0.15) is 4.98 Å². The van der Waals surface area contributed by atoms with Crippen molar-refractivity contribution in [2.45, 2.75) is 31.3 Å². The molecule has 1 atom stereocenters. The number of nitrogens with zero attached hydrogens (tertiary/aromatic N) is 4. The molecule has 0 spiro atoms. The summed E-state index contributed by atoms with van der Waals surface area (Å²) in [6, 6.07) is 11.2. The van der Waals surface area contributed by atoms with Crippen LogP contribution < -0.4 is 4.74 Å². The maximum atomic E-state index is 12.6. The van der Waals surface area contributed by atoms with Gasteiger partial charge in [0, 0.05) is 31.3 Å². The number of benzene rings is 1. The molecule has 7 nitrogen and oxygen atoms in total. The van der Waals surface area contributed by atoms with Crippen LogP contribution in [0.4, 0.5) is 0 Å². The van der Waals surface area contributed by atoms with Gasteiger partial charge in [0.05, 0.1) is 17.7 Å². The maximum absolute atomic E-state index is 12.6. The standard InChI is InChI=1S/C21H20N4O3/c26-21(15-4-3-10-22-12-15)25-11-9-16(13-25)27-18-6-2-1-5-17(18)20-23-19(24-28-20)14-7-8-14/h1-6,10,12,14,16H,7-9,11,13H2. The number of amides is 1. The maximum Gasteiger partial charge on any atom is 0.261 e. The minimum atomic E-state index is -0.0763. The normalized spacial score (nSPS) is 19.0.